The van der Waals surface area contributed by atoms with Crippen molar-refractivity contribution in [2.75, 3.05) is 7.11 Å². The molecule has 1 aromatic carbocycles. The van der Waals surface area contributed by atoms with Crippen molar-refractivity contribution in [2.45, 2.75) is 12.7 Å². The molecule has 0 aliphatic carbocycles. The van der Waals surface area contributed by atoms with Crippen molar-refractivity contribution in [1.29, 1.82) is 0 Å². The predicted octanol–water partition coefficient (Wildman–Crippen LogP) is 2.21. The summed E-state index contributed by atoms with van der Waals surface area (Å²) in [5, 5.41) is 15.7. The third-order valence-electron chi connectivity index (χ3n) is 2.63. The van der Waals surface area contributed by atoms with E-state index >= 15 is 0 Å². The van der Waals surface area contributed by atoms with Crippen molar-refractivity contribution in [3.05, 3.63) is 30.0 Å². The summed E-state index contributed by atoms with van der Waals surface area (Å²) < 4.78 is 43.2. The van der Waals surface area contributed by atoms with Gasteiger partial charge in [0, 0.05) is 5.56 Å². The maximum absolute atomic E-state index is 12.6. The molecular weight excluding hydrogens is 291 g/mol. The monoisotopic (exact) mass is 301 g/mol. The van der Waals surface area contributed by atoms with Crippen LogP contribution >= 0.6 is 0 Å². The standard InChI is InChI=1S/C12H10F3N3O3/c1-21-8-5-3-2-4-7(8)10-9(11(19)20)16-17-18(10)6-12(13,14)15/h2-5H,6H2,1H3,(H,19,20). The highest BCUT2D eigenvalue weighted by atomic mass is 19.4. The van der Waals surface area contributed by atoms with Crippen LogP contribution in [-0.2, 0) is 6.54 Å². The Balaban J connectivity index is 2.64. The molecule has 1 heterocycles. The van der Waals surface area contributed by atoms with E-state index in [9.17, 15) is 18.0 Å². The van der Waals surface area contributed by atoms with Gasteiger partial charge in [0.15, 0.2) is 5.69 Å². The number of carbonyl (C=O) groups is 1. The zero-order valence-corrected chi connectivity index (χ0v) is 10.8. The van der Waals surface area contributed by atoms with Gasteiger partial charge in [0.2, 0.25) is 0 Å². The number of alkyl halides is 3. The molecule has 0 atom stereocenters. The number of halogens is 3. The Morgan fingerprint density at radius 3 is 2.62 bits per heavy atom. The number of benzene rings is 1. The van der Waals surface area contributed by atoms with E-state index in [0.717, 1.165) is 0 Å². The zero-order valence-electron chi connectivity index (χ0n) is 10.8. The van der Waals surface area contributed by atoms with Crippen LogP contribution < -0.4 is 4.74 Å². The second-order valence-electron chi connectivity index (χ2n) is 4.06. The quantitative estimate of drug-likeness (QED) is 0.937. The molecule has 0 unspecified atom stereocenters. The van der Waals surface area contributed by atoms with Gasteiger partial charge in [-0.15, -0.1) is 5.10 Å². The van der Waals surface area contributed by atoms with E-state index in [2.05, 4.69) is 10.3 Å². The van der Waals surface area contributed by atoms with Crippen molar-refractivity contribution in [1.82, 2.24) is 15.0 Å². The van der Waals surface area contributed by atoms with Crippen LogP contribution in [0.25, 0.3) is 11.3 Å². The molecule has 2 rings (SSSR count). The minimum absolute atomic E-state index is 0.173. The third-order valence-corrected chi connectivity index (χ3v) is 2.63. The van der Waals surface area contributed by atoms with Crippen LogP contribution in [0.5, 0.6) is 5.75 Å². The van der Waals surface area contributed by atoms with Crippen molar-refractivity contribution >= 4 is 5.97 Å². The molecule has 0 amide bonds. The molecule has 21 heavy (non-hydrogen) atoms. The van der Waals surface area contributed by atoms with Gasteiger partial charge in [0.1, 0.15) is 18.0 Å². The number of methoxy groups -OCH3 is 1. The Morgan fingerprint density at radius 1 is 1.38 bits per heavy atom. The molecule has 0 radical (unpaired) electrons. The van der Waals surface area contributed by atoms with Crippen molar-refractivity contribution < 1.29 is 27.8 Å². The number of aromatic carboxylic acids is 1. The molecule has 0 aliphatic rings. The predicted molar refractivity (Wildman–Crippen MR) is 65.0 cm³/mol. The number of para-hydroxylation sites is 1. The number of aromatic nitrogens is 3. The lowest BCUT2D eigenvalue weighted by Gasteiger charge is -2.12. The van der Waals surface area contributed by atoms with Gasteiger partial charge < -0.3 is 9.84 Å². The molecule has 0 saturated carbocycles. The number of carboxylic acids is 1. The number of rotatable bonds is 4. The van der Waals surface area contributed by atoms with E-state index < -0.39 is 24.4 Å². The fraction of sp³-hybridized carbons (Fsp3) is 0.250. The number of carboxylic acid groups (broad SMARTS) is 1. The minimum Gasteiger partial charge on any atom is -0.496 e. The topological polar surface area (TPSA) is 77.2 Å². The van der Waals surface area contributed by atoms with Crippen LogP contribution in [0.3, 0.4) is 0 Å². The first kappa shape index (κ1) is 14.8. The summed E-state index contributed by atoms with van der Waals surface area (Å²) in [6.45, 7) is -1.44. The van der Waals surface area contributed by atoms with Crippen LogP contribution in [0.1, 0.15) is 10.5 Å². The molecule has 1 N–H and O–H groups in total. The third kappa shape index (κ3) is 3.12. The Bertz CT molecular complexity index is 667. The van der Waals surface area contributed by atoms with Crippen molar-refractivity contribution in [3.63, 3.8) is 0 Å². The minimum atomic E-state index is -4.56. The lowest BCUT2D eigenvalue weighted by Crippen LogP contribution is -2.20. The molecule has 112 valence electrons. The molecule has 6 nitrogen and oxygen atoms in total. The van der Waals surface area contributed by atoms with Gasteiger partial charge in [-0.25, -0.2) is 9.48 Å². The maximum atomic E-state index is 12.6. The van der Waals surface area contributed by atoms with E-state index in [-0.39, 0.29) is 17.0 Å². The smallest absolute Gasteiger partial charge is 0.408 e. The van der Waals surface area contributed by atoms with Gasteiger partial charge in [0.25, 0.3) is 0 Å². The highest BCUT2D eigenvalue weighted by Gasteiger charge is 2.32. The molecule has 0 fully saturated rings. The fourth-order valence-corrected chi connectivity index (χ4v) is 1.84. The van der Waals surface area contributed by atoms with E-state index in [4.69, 9.17) is 9.84 Å². The van der Waals surface area contributed by atoms with Crippen LogP contribution in [0, 0.1) is 0 Å². The van der Waals surface area contributed by atoms with Crippen LogP contribution in [0.15, 0.2) is 24.3 Å². The first-order valence-corrected chi connectivity index (χ1v) is 5.70. The summed E-state index contributed by atoms with van der Waals surface area (Å²) in [5.74, 6) is -1.24. The molecule has 0 aliphatic heterocycles. The Labute approximate surface area is 116 Å². The van der Waals surface area contributed by atoms with Gasteiger partial charge in [-0.1, -0.05) is 17.3 Å². The molecule has 0 saturated heterocycles. The number of ether oxygens (including phenoxy) is 1. The van der Waals surface area contributed by atoms with E-state index in [1.54, 1.807) is 12.1 Å². The van der Waals surface area contributed by atoms with Crippen LogP contribution in [0.4, 0.5) is 13.2 Å². The lowest BCUT2D eigenvalue weighted by atomic mass is 10.1. The summed E-state index contributed by atoms with van der Waals surface area (Å²) in [7, 11) is 1.33. The second kappa shape index (κ2) is 5.43. The van der Waals surface area contributed by atoms with Gasteiger partial charge in [-0.3, -0.25) is 0 Å². The Hall–Kier alpha value is -2.58. The number of hydrogen-bond acceptors (Lipinski definition) is 4. The average Bonchev–Trinajstić information content (AvgIpc) is 2.80. The summed E-state index contributed by atoms with van der Waals surface area (Å²) in [4.78, 5) is 11.1. The molecule has 0 bridgehead atoms. The number of nitrogens with zero attached hydrogens (tertiary/aromatic N) is 3. The lowest BCUT2D eigenvalue weighted by molar-refractivity contribution is -0.142. The molecule has 2 aromatic rings. The Morgan fingerprint density at radius 2 is 2.05 bits per heavy atom. The molecule has 0 spiro atoms. The largest absolute Gasteiger partial charge is 0.496 e. The molecular formula is C12H10F3N3O3. The molecule has 1 aromatic heterocycles. The highest BCUT2D eigenvalue weighted by molar-refractivity contribution is 5.93. The summed E-state index contributed by atoms with van der Waals surface area (Å²) >= 11 is 0. The van der Waals surface area contributed by atoms with E-state index in [0.29, 0.717) is 4.68 Å². The zero-order chi connectivity index (χ0) is 15.6. The van der Waals surface area contributed by atoms with E-state index in [1.807, 2.05) is 0 Å². The maximum Gasteiger partial charge on any atom is 0.408 e. The van der Waals surface area contributed by atoms with Crippen LogP contribution in [-0.4, -0.2) is 39.4 Å². The summed E-state index contributed by atoms with van der Waals surface area (Å²) in [6, 6.07) is 6.11. The average molecular weight is 301 g/mol. The first-order valence-electron chi connectivity index (χ1n) is 5.70. The summed E-state index contributed by atoms with van der Waals surface area (Å²) in [6.07, 6.45) is -4.56. The van der Waals surface area contributed by atoms with Gasteiger partial charge in [0.05, 0.1) is 7.11 Å². The van der Waals surface area contributed by atoms with Gasteiger partial charge in [-0.2, -0.15) is 13.2 Å². The van der Waals surface area contributed by atoms with E-state index in [1.165, 1.54) is 19.2 Å². The fourth-order valence-electron chi connectivity index (χ4n) is 1.84. The van der Waals surface area contributed by atoms with Crippen molar-refractivity contribution in [3.8, 4) is 17.0 Å². The van der Waals surface area contributed by atoms with Crippen LogP contribution in [0.2, 0.25) is 0 Å². The molecule has 9 heteroatoms. The van der Waals surface area contributed by atoms with Gasteiger partial charge >= 0.3 is 12.1 Å². The number of hydrogen-bond donors (Lipinski definition) is 1. The van der Waals surface area contributed by atoms with Gasteiger partial charge in [-0.05, 0) is 12.1 Å². The van der Waals surface area contributed by atoms with Crippen molar-refractivity contribution in [2.24, 2.45) is 0 Å². The highest BCUT2D eigenvalue weighted by Crippen LogP contribution is 2.32. The Kier molecular flexibility index (Phi) is 3.83. The normalized spacial score (nSPS) is 11.4. The second-order valence-corrected chi connectivity index (χ2v) is 4.06. The SMILES string of the molecule is COc1ccccc1-c1c(C(=O)O)nnn1CC(F)(F)F. The first-order chi connectivity index (χ1) is 9.83. The summed E-state index contributed by atoms with van der Waals surface area (Å²) in [5.41, 5.74) is -0.646.